The third kappa shape index (κ3) is 4.33. The van der Waals surface area contributed by atoms with Crippen LogP contribution in [0.15, 0.2) is 53.4 Å². The van der Waals surface area contributed by atoms with Crippen molar-refractivity contribution >= 4 is 39.2 Å². The molecule has 138 valence electrons. The molecular formula is C17H17ClN2O5S. The third-order valence-electron chi connectivity index (χ3n) is 3.55. The maximum Gasteiger partial charge on any atom is 0.339 e. The van der Waals surface area contributed by atoms with Crippen molar-refractivity contribution in [2.24, 2.45) is 0 Å². The van der Waals surface area contributed by atoms with Crippen molar-refractivity contribution in [2.75, 3.05) is 26.0 Å². The summed E-state index contributed by atoms with van der Waals surface area (Å²) in [6.07, 6.45) is 0. The van der Waals surface area contributed by atoms with Crippen LogP contribution in [0.4, 0.5) is 5.69 Å². The summed E-state index contributed by atoms with van der Waals surface area (Å²) < 4.78 is 30.6. The van der Waals surface area contributed by atoms with E-state index in [0.29, 0.717) is 15.0 Å². The molecule has 0 heterocycles. The highest BCUT2D eigenvalue weighted by molar-refractivity contribution is 7.89. The van der Waals surface area contributed by atoms with Crippen LogP contribution in [0.1, 0.15) is 10.4 Å². The summed E-state index contributed by atoms with van der Waals surface area (Å²) in [5.74, 6) is -1.51. The quantitative estimate of drug-likeness (QED) is 0.753. The Balaban J connectivity index is 2.21. The topological polar surface area (TPSA) is 92.8 Å². The Labute approximate surface area is 156 Å². The summed E-state index contributed by atoms with van der Waals surface area (Å²) in [6, 6.07) is 12.2. The van der Waals surface area contributed by atoms with E-state index in [1.807, 2.05) is 0 Å². The number of carbonyl (C=O) groups is 2. The molecule has 0 aromatic heterocycles. The van der Waals surface area contributed by atoms with Crippen LogP contribution in [0.2, 0.25) is 5.02 Å². The molecule has 0 saturated heterocycles. The number of carbonyl (C=O) groups excluding carboxylic acids is 2. The number of anilines is 1. The van der Waals surface area contributed by atoms with E-state index in [4.69, 9.17) is 11.6 Å². The van der Waals surface area contributed by atoms with Gasteiger partial charge in [-0.15, -0.1) is 0 Å². The number of sulfonamides is 1. The lowest BCUT2D eigenvalue weighted by Crippen LogP contribution is -2.37. The van der Waals surface area contributed by atoms with Crippen LogP contribution in [0, 0.1) is 0 Å². The summed E-state index contributed by atoms with van der Waals surface area (Å²) in [5.41, 5.74) is 0.434. The van der Waals surface area contributed by atoms with Gasteiger partial charge in [-0.3, -0.25) is 4.79 Å². The molecular weight excluding hydrogens is 380 g/mol. The summed E-state index contributed by atoms with van der Waals surface area (Å²) in [7, 11) is -1.94. The van der Waals surface area contributed by atoms with Gasteiger partial charge in [0.2, 0.25) is 0 Å². The Hall–Kier alpha value is -2.58. The van der Waals surface area contributed by atoms with Gasteiger partial charge < -0.3 is 10.1 Å². The number of halogens is 1. The normalized spacial score (nSPS) is 10.9. The number of hydrogen-bond donors (Lipinski definition) is 1. The Morgan fingerprint density at radius 3 is 2.50 bits per heavy atom. The van der Waals surface area contributed by atoms with Gasteiger partial charge >= 0.3 is 5.97 Å². The van der Waals surface area contributed by atoms with Crippen molar-refractivity contribution in [1.29, 1.82) is 0 Å². The highest BCUT2D eigenvalue weighted by Crippen LogP contribution is 2.20. The largest absolute Gasteiger partial charge is 0.465 e. The van der Waals surface area contributed by atoms with Gasteiger partial charge in [0.05, 0.1) is 19.2 Å². The fraction of sp³-hybridized carbons (Fsp3) is 0.176. The van der Waals surface area contributed by atoms with E-state index in [2.05, 4.69) is 10.1 Å². The molecule has 0 bridgehead atoms. The van der Waals surface area contributed by atoms with Crippen LogP contribution >= 0.6 is 11.6 Å². The molecule has 9 heteroatoms. The molecule has 2 aromatic carbocycles. The molecule has 0 atom stereocenters. The monoisotopic (exact) mass is 396 g/mol. The van der Waals surface area contributed by atoms with Gasteiger partial charge in [-0.05, 0) is 30.3 Å². The van der Waals surface area contributed by atoms with Crippen molar-refractivity contribution in [3.05, 3.63) is 59.1 Å². The number of likely N-dealkylation sites (N-methyl/N-ethyl adjacent to an activating group) is 1. The molecule has 1 amide bonds. The molecule has 1 N–H and O–H groups in total. The zero-order chi connectivity index (χ0) is 19.3. The van der Waals surface area contributed by atoms with Gasteiger partial charge in [0.25, 0.3) is 15.9 Å². The number of rotatable bonds is 6. The van der Waals surface area contributed by atoms with Crippen molar-refractivity contribution in [1.82, 2.24) is 4.31 Å². The zero-order valence-electron chi connectivity index (χ0n) is 14.1. The minimum absolute atomic E-state index is 0.141. The van der Waals surface area contributed by atoms with Crippen LogP contribution in [0.25, 0.3) is 0 Å². The van der Waals surface area contributed by atoms with Crippen molar-refractivity contribution in [3.63, 3.8) is 0 Å². The SMILES string of the molecule is COC(=O)c1ccccc1S(=O)(=O)N(C)C(=O)CNc1cccc(Cl)c1. The maximum atomic E-state index is 12.7. The first-order valence-electron chi connectivity index (χ1n) is 7.46. The number of methoxy groups -OCH3 is 1. The van der Waals surface area contributed by atoms with Gasteiger partial charge in [0.15, 0.2) is 0 Å². The number of ether oxygens (including phenoxy) is 1. The van der Waals surface area contributed by atoms with E-state index in [0.717, 1.165) is 14.2 Å². The Kier molecular flexibility index (Phi) is 6.23. The minimum atomic E-state index is -4.22. The molecule has 2 rings (SSSR count). The Morgan fingerprint density at radius 2 is 1.85 bits per heavy atom. The zero-order valence-corrected chi connectivity index (χ0v) is 15.7. The fourth-order valence-corrected chi connectivity index (χ4v) is 3.64. The molecule has 0 aliphatic rings. The lowest BCUT2D eigenvalue weighted by molar-refractivity contribution is -0.123. The second-order valence-electron chi connectivity index (χ2n) is 5.22. The number of esters is 1. The predicted octanol–water partition coefficient (Wildman–Crippen LogP) is 2.39. The van der Waals surface area contributed by atoms with E-state index in [9.17, 15) is 18.0 Å². The summed E-state index contributed by atoms with van der Waals surface area (Å²) >= 11 is 5.86. The van der Waals surface area contributed by atoms with E-state index >= 15 is 0 Å². The average molecular weight is 397 g/mol. The van der Waals surface area contributed by atoms with Gasteiger partial charge in [0.1, 0.15) is 4.90 Å². The van der Waals surface area contributed by atoms with Gasteiger partial charge in [-0.1, -0.05) is 29.8 Å². The second kappa shape index (κ2) is 8.20. The fourth-order valence-electron chi connectivity index (χ4n) is 2.14. The van der Waals surface area contributed by atoms with Gasteiger partial charge in [-0.2, -0.15) is 0 Å². The lowest BCUT2D eigenvalue weighted by atomic mass is 10.2. The smallest absolute Gasteiger partial charge is 0.339 e. The van der Waals surface area contributed by atoms with Crippen LogP contribution in [-0.2, 0) is 19.6 Å². The Bertz CT molecular complexity index is 930. The molecule has 0 spiro atoms. The molecule has 0 saturated carbocycles. The molecule has 0 aliphatic heterocycles. The van der Waals surface area contributed by atoms with Crippen LogP contribution < -0.4 is 5.32 Å². The van der Waals surface area contributed by atoms with Gasteiger partial charge in [0, 0.05) is 17.8 Å². The number of nitrogens with one attached hydrogen (secondary N) is 1. The van der Waals surface area contributed by atoms with E-state index in [1.165, 1.54) is 24.3 Å². The highest BCUT2D eigenvalue weighted by Gasteiger charge is 2.29. The number of benzene rings is 2. The lowest BCUT2D eigenvalue weighted by Gasteiger charge is -2.19. The van der Waals surface area contributed by atoms with Crippen molar-refractivity contribution in [3.8, 4) is 0 Å². The van der Waals surface area contributed by atoms with E-state index in [-0.39, 0.29) is 17.0 Å². The third-order valence-corrected chi connectivity index (χ3v) is 5.62. The van der Waals surface area contributed by atoms with Crippen LogP contribution in [0.3, 0.4) is 0 Å². The first-order chi connectivity index (χ1) is 12.3. The number of amides is 1. The molecule has 26 heavy (non-hydrogen) atoms. The number of hydrogen-bond acceptors (Lipinski definition) is 6. The first-order valence-corrected chi connectivity index (χ1v) is 9.27. The molecule has 0 aliphatic carbocycles. The molecule has 7 nitrogen and oxygen atoms in total. The first kappa shape index (κ1) is 19.7. The molecule has 0 fully saturated rings. The maximum absolute atomic E-state index is 12.7. The predicted molar refractivity (Wildman–Crippen MR) is 97.7 cm³/mol. The minimum Gasteiger partial charge on any atom is -0.465 e. The molecule has 0 radical (unpaired) electrons. The van der Waals surface area contributed by atoms with Crippen molar-refractivity contribution < 1.29 is 22.7 Å². The average Bonchev–Trinajstić information content (AvgIpc) is 2.64. The van der Waals surface area contributed by atoms with E-state index < -0.39 is 21.9 Å². The summed E-state index contributed by atoms with van der Waals surface area (Å²) in [5, 5.41) is 3.29. The number of nitrogens with zero attached hydrogens (tertiary/aromatic N) is 1. The van der Waals surface area contributed by atoms with Crippen LogP contribution in [0.5, 0.6) is 0 Å². The van der Waals surface area contributed by atoms with E-state index in [1.54, 1.807) is 24.3 Å². The summed E-state index contributed by atoms with van der Waals surface area (Å²) in [4.78, 5) is 23.8. The Morgan fingerprint density at radius 1 is 1.15 bits per heavy atom. The van der Waals surface area contributed by atoms with Crippen molar-refractivity contribution in [2.45, 2.75) is 4.90 Å². The second-order valence-corrected chi connectivity index (χ2v) is 7.59. The summed E-state index contributed by atoms with van der Waals surface area (Å²) in [6.45, 7) is -0.267. The standard InChI is InChI=1S/C17H17ClN2O5S/c1-20(16(21)11-19-13-7-5-6-12(18)10-13)26(23,24)15-9-4-3-8-14(15)17(22)25-2/h3-10,19H,11H2,1-2H3. The molecule has 0 unspecified atom stereocenters. The highest BCUT2D eigenvalue weighted by atomic mass is 35.5. The van der Waals surface area contributed by atoms with Crippen LogP contribution in [-0.4, -0.2) is 45.3 Å². The van der Waals surface area contributed by atoms with Gasteiger partial charge in [-0.25, -0.2) is 17.5 Å². The molecule has 2 aromatic rings.